The number of halogens is 1. The van der Waals surface area contributed by atoms with Gasteiger partial charge >= 0.3 is 11.8 Å². The van der Waals surface area contributed by atoms with Gasteiger partial charge in [0.1, 0.15) is 0 Å². The topological polar surface area (TPSA) is 89.0 Å². The lowest BCUT2D eigenvalue weighted by Gasteiger charge is -2.07. The number of methoxy groups -OCH3 is 2. The molecular formula is C19H20ClN3O4. The Hall–Kier alpha value is -3.06. The largest absolute Gasteiger partial charge is 0.493 e. The molecule has 0 aliphatic heterocycles. The highest BCUT2D eigenvalue weighted by molar-refractivity contribution is 6.35. The highest BCUT2D eigenvalue weighted by Crippen LogP contribution is 2.26. The van der Waals surface area contributed by atoms with Gasteiger partial charge in [-0.1, -0.05) is 23.7 Å². The minimum Gasteiger partial charge on any atom is -0.493 e. The Morgan fingerprint density at radius 3 is 2.41 bits per heavy atom. The first kappa shape index (κ1) is 20.3. The van der Waals surface area contributed by atoms with E-state index in [0.29, 0.717) is 35.1 Å². The minimum atomic E-state index is -0.845. The zero-order valence-corrected chi connectivity index (χ0v) is 15.7. The molecule has 0 atom stereocenters. The second-order valence-electron chi connectivity index (χ2n) is 5.45. The fraction of sp³-hybridized carbons (Fsp3) is 0.211. The van der Waals surface area contributed by atoms with E-state index in [1.54, 1.807) is 30.3 Å². The number of hydrogen-bond acceptors (Lipinski definition) is 5. The molecule has 0 unspecified atom stereocenters. The van der Waals surface area contributed by atoms with Crippen LogP contribution in [0.5, 0.6) is 11.5 Å². The van der Waals surface area contributed by atoms with Crippen molar-refractivity contribution in [2.24, 2.45) is 5.10 Å². The Balaban J connectivity index is 1.79. The van der Waals surface area contributed by atoms with Crippen molar-refractivity contribution in [2.75, 3.05) is 20.8 Å². The van der Waals surface area contributed by atoms with E-state index in [4.69, 9.17) is 21.1 Å². The van der Waals surface area contributed by atoms with E-state index in [-0.39, 0.29) is 0 Å². The first-order valence-electron chi connectivity index (χ1n) is 8.11. The van der Waals surface area contributed by atoms with Crippen LogP contribution < -0.4 is 20.2 Å². The van der Waals surface area contributed by atoms with Gasteiger partial charge in [-0.25, -0.2) is 5.43 Å². The highest BCUT2D eigenvalue weighted by Gasteiger charge is 2.11. The molecule has 7 nitrogen and oxygen atoms in total. The Morgan fingerprint density at radius 1 is 1.04 bits per heavy atom. The number of carbonyl (C=O) groups excluding carboxylic acids is 2. The van der Waals surface area contributed by atoms with Crippen molar-refractivity contribution in [3.05, 3.63) is 58.6 Å². The van der Waals surface area contributed by atoms with E-state index in [9.17, 15) is 9.59 Å². The van der Waals surface area contributed by atoms with Crippen LogP contribution in [0.15, 0.2) is 47.6 Å². The lowest BCUT2D eigenvalue weighted by Crippen LogP contribution is -2.38. The van der Waals surface area contributed by atoms with Crippen LogP contribution in [-0.4, -0.2) is 38.8 Å². The van der Waals surface area contributed by atoms with Gasteiger partial charge in [0.05, 0.1) is 20.4 Å². The molecule has 0 saturated heterocycles. The molecule has 8 heteroatoms. The Kier molecular flexibility index (Phi) is 7.63. The van der Waals surface area contributed by atoms with Crippen molar-refractivity contribution in [3.63, 3.8) is 0 Å². The van der Waals surface area contributed by atoms with Gasteiger partial charge in [0.15, 0.2) is 11.5 Å². The van der Waals surface area contributed by atoms with E-state index < -0.39 is 11.8 Å². The summed E-state index contributed by atoms with van der Waals surface area (Å²) in [7, 11) is 3.06. The number of carbonyl (C=O) groups is 2. The molecule has 0 fully saturated rings. The highest BCUT2D eigenvalue weighted by atomic mass is 35.5. The lowest BCUT2D eigenvalue weighted by atomic mass is 10.1. The summed E-state index contributed by atoms with van der Waals surface area (Å²) in [5, 5.41) is 6.95. The smallest absolute Gasteiger partial charge is 0.329 e. The van der Waals surface area contributed by atoms with E-state index in [1.807, 2.05) is 12.1 Å². The van der Waals surface area contributed by atoms with Crippen LogP contribution in [0.1, 0.15) is 11.1 Å². The van der Waals surface area contributed by atoms with Gasteiger partial charge < -0.3 is 14.8 Å². The molecule has 2 aromatic carbocycles. The van der Waals surface area contributed by atoms with E-state index in [0.717, 1.165) is 5.56 Å². The predicted octanol–water partition coefficient (Wildman–Crippen LogP) is 2.17. The molecule has 2 N–H and O–H groups in total. The normalized spacial score (nSPS) is 10.5. The zero-order chi connectivity index (χ0) is 19.6. The van der Waals surface area contributed by atoms with E-state index in [1.165, 1.54) is 20.4 Å². The van der Waals surface area contributed by atoms with Gasteiger partial charge in [0.25, 0.3) is 0 Å². The second-order valence-corrected chi connectivity index (χ2v) is 5.88. The average Bonchev–Trinajstić information content (AvgIpc) is 2.69. The predicted molar refractivity (Wildman–Crippen MR) is 103 cm³/mol. The molecule has 2 rings (SSSR count). The van der Waals surface area contributed by atoms with Crippen molar-refractivity contribution in [1.82, 2.24) is 10.7 Å². The monoisotopic (exact) mass is 389 g/mol. The molecule has 2 amide bonds. The summed E-state index contributed by atoms with van der Waals surface area (Å²) in [6.45, 7) is 0.327. The minimum absolute atomic E-state index is 0.327. The lowest BCUT2D eigenvalue weighted by molar-refractivity contribution is -0.139. The third kappa shape index (κ3) is 6.31. The van der Waals surface area contributed by atoms with Gasteiger partial charge in [-0.15, -0.1) is 0 Å². The first-order chi connectivity index (χ1) is 13.0. The summed E-state index contributed by atoms with van der Waals surface area (Å²) < 4.78 is 10.3. The van der Waals surface area contributed by atoms with Crippen LogP contribution in [0, 0.1) is 0 Å². The number of amides is 2. The fourth-order valence-electron chi connectivity index (χ4n) is 2.20. The van der Waals surface area contributed by atoms with Crippen LogP contribution in [0.25, 0.3) is 0 Å². The number of rotatable bonds is 7. The molecular weight excluding hydrogens is 370 g/mol. The number of ether oxygens (including phenoxy) is 2. The summed E-state index contributed by atoms with van der Waals surface area (Å²) in [4.78, 5) is 23.5. The van der Waals surface area contributed by atoms with Gasteiger partial charge in [0.2, 0.25) is 0 Å². The molecule has 0 spiro atoms. The molecule has 0 bridgehead atoms. The van der Waals surface area contributed by atoms with E-state index >= 15 is 0 Å². The maximum Gasteiger partial charge on any atom is 0.329 e. The van der Waals surface area contributed by atoms with Crippen LogP contribution in [0.4, 0.5) is 0 Å². The Morgan fingerprint density at radius 2 is 1.74 bits per heavy atom. The third-order valence-electron chi connectivity index (χ3n) is 3.61. The molecule has 142 valence electrons. The first-order valence-corrected chi connectivity index (χ1v) is 8.49. The summed E-state index contributed by atoms with van der Waals surface area (Å²) in [5.41, 5.74) is 3.87. The maximum absolute atomic E-state index is 11.8. The molecule has 27 heavy (non-hydrogen) atoms. The Bertz CT molecular complexity index is 822. The second kappa shape index (κ2) is 10.2. The maximum atomic E-state index is 11.8. The molecule has 0 radical (unpaired) electrons. The van der Waals surface area contributed by atoms with Gasteiger partial charge in [-0.05, 0) is 47.9 Å². The quantitative estimate of drug-likeness (QED) is 0.431. The number of nitrogens with zero attached hydrogens (tertiary/aromatic N) is 1. The summed E-state index contributed by atoms with van der Waals surface area (Å²) in [5.74, 6) is -0.484. The number of hydrazone groups is 1. The van der Waals surface area contributed by atoms with Crippen molar-refractivity contribution in [1.29, 1.82) is 0 Å². The molecule has 2 aromatic rings. The van der Waals surface area contributed by atoms with Gasteiger partial charge in [-0.3, -0.25) is 9.59 Å². The van der Waals surface area contributed by atoms with Crippen LogP contribution in [0.2, 0.25) is 5.02 Å². The Labute approximate surface area is 162 Å². The standard InChI is InChI=1S/C19H20ClN3O4/c1-26-16-8-5-14(11-17(16)27-2)12-22-23-19(25)18(24)21-10-9-13-3-6-15(20)7-4-13/h3-8,11-12H,9-10H2,1-2H3,(H,21,24)(H,23,25)/b22-12-. The van der Waals surface area contributed by atoms with E-state index in [2.05, 4.69) is 15.8 Å². The molecule has 0 aromatic heterocycles. The van der Waals surface area contributed by atoms with Crippen LogP contribution in [0.3, 0.4) is 0 Å². The van der Waals surface area contributed by atoms with Gasteiger partial charge in [-0.2, -0.15) is 5.10 Å². The molecule has 0 aliphatic carbocycles. The SMILES string of the molecule is COc1ccc(/C=N\NC(=O)C(=O)NCCc2ccc(Cl)cc2)cc1OC. The number of nitrogens with one attached hydrogen (secondary N) is 2. The number of hydrogen-bond donors (Lipinski definition) is 2. The number of benzene rings is 2. The molecule has 0 heterocycles. The average molecular weight is 390 g/mol. The van der Waals surface area contributed by atoms with Crippen molar-refractivity contribution in [2.45, 2.75) is 6.42 Å². The summed E-state index contributed by atoms with van der Waals surface area (Å²) >= 11 is 5.81. The fourth-order valence-corrected chi connectivity index (χ4v) is 2.33. The zero-order valence-electron chi connectivity index (χ0n) is 15.0. The van der Waals surface area contributed by atoms with Crippen molar-refractivity contribution >= 4 is 29.6 Å². The third-order valence-corrected chi connectivity index (χ3v) is 3.86. The molecule has 0 saturated carbocycles. The van der Waals surface area contributed by atoms with Crippen LogP contribution in [-0.2, 0) is 16.0 Å². The van der Waals surface area contributed by atoms with Crippen molar-refractivity contribution < 1.29 is 19.1 Å². The van der Waals surface area contributed by atoms with Gasteiger partial charge in [0, 0.05) is 11.6 Å². The summed E-state index contributed by atoms with van der Waals surface area (Å²) in [6, 6.07) is 12.4. The summed E-state index contributed by atoms with van der Waals surface area (Å²) in [6.07, 6.45) is 1.99. The van der Waals surface area contributed by atoms with Crippen LogP contribution >= 0.6 is 11.6 Å². The van der Waals surface area contributed by atoms with Crippen molar-refractivity contribution in [3.8, 4) is 11.5 Å². The molecule has 0 aliphatic rings.